The second-order valence-electron chi connectivity index (χ2n) is 9.70. The minimum Gasteiger partial charge on any atom is -0.493 e. The number of ether oxygens (including phenoxy) is 2. The molecule has 0 saturated heterocycles. The van der Waals surface area contributed by atoms with E-state index in [9.17, 15) is 9.59 Å². The molecule has 0 fully saturated rings. The van der Waals surface area contributed by atoms with E-state index in [2.05, 4.69) is 21.6 Å². The summed E-state index contributed by atoms with van der Waals surface area (Å²) in [4.78, 5) is 28.4. The number of anilines is 1. The molecule has 1 aliphatic heterocycles. The number of carbonyl (C=O) groups is 2. The molecule has 7 nitrogen and oxygen atoms in total. The van der Waals surface area contributed by atoms with Gasteiger partial charge in [0.1, 0.15) is 0 Å². The molecule has 204 valence electrons. The lowest BCUT2D eigenvalue weighted by Gasteiger charge is -2.29. The second-order valence-corrected chi connectivity index (χ2v) is 9.70. The first-order valence-electron chi connectivity index (χ1n) is 13.4. The van der Waals surface area contributed by atoms with Crippen LogP contribution in [0.2, 0.25) is 0 Å². The Bertz CT molecular complexity index is 1490. The molecule has 2 N–H and O–H groups in total. The number of nitrogens with one attached hydrogen (secondary N) is 2. The Morgan fingerprint density at radius 3 is 2.15 bits per heavy atom. The molecule has 0 unspecified atom stereocenters. The Labute approximate surface area is 234 Å². The monoisotopic (exact) mass is 535 g/mol. The average molecular weight is 536 g/mol. The van der Waals surface area contributed by atoms with Gasteiger partial charge in [-0.25, -0.2) is 0 Å². The van der Waals surface area contributed by atoms with E-state index in [0.717, 1.165) is 42.1 Å². The lowest BCUT2D eigenvalue weighted by Crippen LogP contribution is -2.38. The molecule has 2 amide bonds. The summed E-state index contributed by atoms with van der Waals surface area (Å²) in [5.74, 6) is 0.983. The normalized spacial score (nSPS) is 12.8. The second kappa shape index (κ2) is 12.5. The third-order valence-electron chi connectivity index (χ3n) is 7.18. The van der Waals surface area contributed by atoms with Gasteiger partial charge in [0, 0.05) is 31.7 Å². The SMILES string of the molecule is COc1cc2c(cc1OC)CN(CCNC(=O)c1ccccc1NC(=O)c1ccc(-c3ccccc3)cc1)CC2. The molecule has 0 aromatic heterocycles. The van der Waals surface area contributed by atoms with Gasteiger partial charge < -0.3 is 20.1 Å². The number of para-hydroxylation sites is 1. The van der Waals surface area contributed by atoms with Crippen molar-refractivity contribution in [3.05, 3.63) is 113 Å². The summed E-state index contributed by atoms with van der Waals surface area (Å²) < 4.78 is 10.9. The smallest absolute Gasteiger partial charge is 0.255 e. The number of methoxy groups -OCH3 is 2. The maximum absolute atomic E-state index is 13.1. The largest absolute Gasteiger partial charge is 0.493 e. The summed E-state index contributed by atoms with van der Waals surface area (Å²) >= 11 is 0. The molecular weight excluding hydrogens is 502 g/mol. The number of benzene rings is 4. The quantitative estimate of drug-likeness (QED) is 0.300. The zero-order chi connectivity index (χ0) is 27.9. The van der Waals surface area contributed by atoms with Gasteiger partial charge in [0.05, 0.1) is 25.5 Å². The van der Waals surface area contributed by atoms with Crippen molar-refractivity contribution >= 4 is 17.5 Å². The molecule has 4 aromatic rings. The summed E-state index contributed by atoms with van der Waals surface area (Å²) in [5, 5.41) is 5.92. The van der Waals surface area contributed by atoms with Crippen molar-refractivity contribution in [2.24, 2.45) is 0 Å². The summed E-state index contributed by atoms with van der Waals surface area (Å²) in [6.45, 7) is 2.88. The van der Waals surface area contributed by atoms with Crippen LogP contribution < -0.4 is 20.1 Å². The van der Waals surface area contributed by atoms with Crippen molar-refractivity contribution in [3.63, 3.8) is 0 Å². The molecule has 40 heavy (non-hydrogen) atoms. The van der Waals surface area contributed by atoms with Crippen LogP contribution in [0.25, 0.3) is 11.1 Å². The highest BCUT2D eigenvalue weighted by molar-refractivity contribution is 6.09. The third kappa shape index (κ3) is 6.16. The summed E-state index contributed by atoms with van der Waals surface area (Å²) in [6, 6.07) is 28.6. The Morgan fingerprint density at radius 2 is 1.43 bits per heavy atom. The van der Waals surface area contributed by atoms with Crippen LogP contribution in [0.3, 0.4) is 0 Å². The van der Waals surface area contributed by atoms with Crippen LogP contribution >= 0.6 is 0 Å². The molecule has 4 aromatic carbocycles. The summed E-state index contributed by atoms with van der Waals surface area (Å²) in [5.41, 5.74) is 6.02. The van der Waals surface area contributed by atoms with Gasteiger partial charge in [-0.05, 0) is 65.1 Å². The molecule has 0 bridgehead atoms. The zero-order valence-electron chi connectivity index (χ0n) is 22.8. The van der Waals surface area contributed by atoms with Crippen LogP contribution in [-0.4, -0.2) is 50.6 Å². The molecule has 5 rings (SSSR count). The highest BCUT2D eigenvalue weighted by atomic mass is 16.5. The summed E-state index contributed by atoms with van der Waals surface area (Å²) in [6.07, 6.45) is 0.908. The van der Waals surface area contributed by atoms with Crippen molar-refractivity contribution < 1.29 is 19.1 Å². The molecule has 0 atom stereocenters. The predicted octanol–water partition coefficient (Wildman–Crippen LogP) is 5.41. The third-order valence-corrected chi connectivity index (χ3v) is 7.18. The van der Waals surface area contributed by atoms with E-state index in [4.69, 9.17) is 9.47 Å². The minimum atomic E-state index is -0.265. The lowest BCUT2D eigenvalue weighted by molar-refractivity contribution is 0.0948. The van der Waals surface area contributed by atoms with Gasteiger partial charge in [0.2, 0.25) is 0 Å². The standard InChI is InChI=1S/C33H33N3O4/c1-39-30-20-26-16-18-36(22-27(26)21-31(30)40-2)19-17-34-33(38)28-10-6-7-11-29(28)35-32(37)25-14-12-24(13-15-25)23-8-4-3-5-9-23/h3-15,20-21H,16-19,22H2,1-2H3,(H,34,38)(H,35,37). The maximum Gasteiger partial charge on any atom is 0.255 e. The number of nitrogens with zero attached hydrogens (tertiary/aromatic N) is 1. The van der Waals surface area contributed by atoms with E-state index in [-0.39, 0.29) is 11.8 Å². The average Bonchev–Trinajstić information content (AvgIpc) is 3.01. The van der Waals surface area contributed by atoms with Gasteiger partial charge in [0.15, 0.2) is 11.5 Å². The number of fused-ring (bicyclic) bond motifs is 1. The number of rotatable bonds is 9. The first kappa shape index (κ1) is 27.0. The molecule has 0 spiro atoms. The van der Waals surface area contributed by atoms with E-state index in [1.807, 2.05) is 48.5 Å². The van der Waals surface area contributed by atoms with Crippen LogP contribution in [0.5, 0.6) is 11.5 Å². The van der Waals surface area contributed by atoms with E-state index < -0.39 is 0 Å². The van der Waals surface area contributed by atoms with E-state index in [0.29, 0.717) is 29.9 Å². The molecule has 0 aliphatic carbocycles. The highest BCUT2D eigenvalue weighted by Gasteiger charge is 2.20. The van der Waals surface area contributed by atoms with Gasteiger partial charge in [-0.15, -0.1) is 0 Å². The first-order chi connectivity index (χ1) is 19.6. The van der Waals surface area contributed by atoms with Gasteiger partial charge >= 0.3 is 0 Å². The van der Waals surface area contributed by atoms with E-state index in [1.54, 1.807) is 50.6 Å². The van der Waals surface area contributed by atoms with Crippen LogP contribution in [0.1, 0.15) is 31.8 Å². The van der Waals surface area contributed by atoms with Crippen LogP contribution in [-0.2, 0) is 13.0 Å². The number of amides is 2. The Balaban J connectivity index is 1.17. The van der Waals surface area contributed by atoms with Crippen molar-refractivity contribution in [1.29, 1.82) is 0 Å². The zero-order valence-corrected chi connectivity index (χ0v) is 22.8. The van der Waals surface area contributed by atoms with E-state index >= 15 is 0 Å². The fourth-order valence-corrected chi connectivity index (χ4v) is 4.98. The molecule has 1 heterocycles. The Hall–Kier alpha value is -4.62. The number of carbonyl (C=O) groups excluding carboxylic acids is 2. The minimum absolute atomic E-state index is 0.223. The van der Waals surface area contributed by atoms with Crippen molar-refractivity contribution in [1.82, 2.24) is 10.2 Å². The molecular formula is C33H33N3O4. The fraction of sp³-hybridized carbons (Fsp3) is 0.212. The van der Waals surface area contributed by atoms with Gasteiger partial charge in [-0.1, -0.05) is 54.6 Å². The highest BCUT2D eigenvalue weighted by Crippen LogP contribution is 2.33. The van der Waals surface area contributed by atoms with E-state index in [1.165, 1.54) is 11.1 Å². The Morgan fingerprint density at radius 1 is 0.775 bits per heavy atom. The molecule has 7 heteroatoms. The molecule has 0 radical (unpaired) electrons. The van der Waals surface area contributed by atoms with Gasteiger partial charge in [-0.2, -0.15) is 0 Å². The Kier molecular flexibility index (Phi) is 8.42. The first-order valence-corrected chi connectivity index (χ1v) is 13.4. The van der Waals surface area contributed by atoms with Gasteiger partial charge in [0.25, 0.3) is 11.8 Å². The predicted molar refractivity (Wildman–Crippen MR) is 157 cm³/mol. The van der Waals surface area contributed by atoms with Crippen LogP contribution in [0.4, 0.5) is 5.69 Å². The van der Waals surface area contributed by atoms with Crippen LogP contribution in [0, 0.1) is 0 Å². The summed E-state index contributed by atoms with van der Waals surface area (Å²) in [7, 11) is 3.29. The molecule has 1 aliphatic rings. The van der Waals surface area contributed by atoms with Crippen LogP contribution in [0.15, 0.2) is 91.0 Å². The fourth-order valence-electron chi connectivity index (χ4n) is 4.98. The number of hydrogen-bond acceptors (Lipinski definition) is 5. The molecule has 0 saturated carbocycles. The van der Waals surface area contributed by atoms with Crippen molar-refractivity contribution in [2.45, 2.75) is 13.0 Å². The van der Waals surface area contributed by atoms with Crippen molar-refractivity contribution in [3.8, 4) is 22.6 Å². The number of hydrogen-bond donors (Lipinski definition) is 2. The topological polar surface area (TPSA) is 79.9 Å². The lowest BCUT2D eigenvalue weighted by atomic mass is 9.99. The van der Waals surface area contributed by atoms with Crippen molar-refractivity contribution in [2.75, 3.05) is 39.2 Å². The van der Waals surface area contributed by atoms with Gasteiger partial charge in [-0.3, -0.25) is 14.5 Å². The maximum atomic E-state index is 13.1.